The van der Waals surface area contributed by atoms with Crippen LogP contribution in [0.25, 0.3) is 10.6 Å². The monoisotopic (exact) mass is 455 g/mol. The molecule has 0 spiro atoms. The van der Waals surface area contributed by atoms with E-state index in [1.54, 1.807) is 17.0 Å². The maximum absolute atomic E-state index is 12.9. The van der Waals surface area contributed by atoms with Gasteiger partial charge in [0, 0.05) is 22.8 Å². The molecular formula is C22H22ClN5O2S. The maximum Gasteiger partial charge on any atom is 0.322 e. The lowest BCUT2D eigenvalue weighted by molar-refractivity contribution is -0.119. The molecule has 1 aliphatic heterocycles. The van der Waals surface area contributed by atoms with Crippen molar-refractivity contribution in [3.05, 3.63) is 59.1 Å². The topological polar surface area (TPSA) is 87.2 Å². The molecule has 2 aromatic carbocycles. The summed E-state index contributed by atoms with van der Waals surface area (Å²) < 4.78 is 0. The Kier molecular flexibility index (Phi) is 6.48. The molecule has 7 nitrogen and oxygen atoms in total. The zero-order valence-electron chi connectivity index (χ0n) is 17.0. The zero-order chi connectivity index (χ0) is 21.8. The second kappa shape index (κ2) is 9.45. The third-order valence-electron chi connectivity index (χ3n) is 5.20. The van der Waals surface area contributed by atoms with Crippen molar-refractivity contribution in [3.8, 4) is 10.6 Å². The van der Waals surface area contributed by atoms with Gasteiger partial charge in [-0.25, -0.2) is 4.79 Å². The van der Waals surface area contributed by atoms with Crippen LogP contribution in [0.3, 0.4) is 0 Å². The first-order valence-corrected chi connectivity index (χ1v) is 11.3. The Morgan fingerprint density at radius 1 is 1.13 bits per heavy atom. The standard InChI is InChI=1S/C22H22ClN5O2S/c1-2-14-6-3-4-7-17(14)24-22(30)28-13-5-8-18(28)19(29)25-21-27-26-20(31-21)15-9-11-16(23)12-10-15/h3-4,6-7,9-12,18H,2,5,8,13H2,1H3,(H,24,30)(H,25,27,29). The molecule has 0 radical (unpaired) electrons. The SMILES string of the molecule is CCc1ccccc1NC(=O)N1CCCC1C(=O)Nc1nnc(-c2ccc(Cl)cc2)s1. The number of carbonyl (C=O) groups is 2. The number of hydrogen-bond donors (Lipinski definition) is 2. The van der Waals surface area contributed by atoms with Gasteiger partial charge in [0.05, 0.1) is 0 Å². The number of likely N-dealkylation sites (tertiary alicyclic amines) is 1. The first-order chi connectivity index (χ1) is 15.0. The van der Waals surface area contributed by atoms with Crippen LogP contribution in [0, 0.1) is 0 Å². The molecule has 1 unspecified atom stereocenters. The summed E-state index contributed by atoms with van der Waals surface area (Å²) in [6.45, 7) is 2.57. The number of aromatic nitrogens is 2. The quantitative estimate of drug-likeness (QED) is 0.563. The smallest absolute Gasteiger partial charge is 0.312 e. The van der Waals surface area contributed by atoms with Crippen LogP contribution in [-0.4, -0.2) is 39.6 Å². The first-order valence-electron chi connectivity index (χ1n) is 10.1. The van der Waals surface area contributed by atoms with Gasteiger partial charge in [0.15, 0.2) is 0 Å². The summed E-state index contributed by atoms with van der Waals surface area (Å²) in [6.07, 6.45) is 2.19. The fourth-order valence-corrected chi connectivity index (χ4v) is 4.47. The van der Waals surface area contributed by atoms with Crippen LogP contribution in [0.5, 0.6) is 0 Å². The van der Waals surface area contributed by atoms with Crippen molar-refractivity contribution in [1.82, 2.24) is 15.1 Å². The van der Waals surface area contributed by atoms with Gasteiger partial charge in [-0.2, -0.15) is 0 Å². The van der Waals surface area contributed by atoms with Gasteiger partial charge in [-0.3, -0.25) is 10.1 Å². The van der Waals surface area contributed by atoms with Gasteiger partial charge in [-0.05, 0) is 43.0 Å². The van der Waals surface area contributed by atoms with Gasteiger partial charge in [0.2, 0.25) is 11.0 Å². The summed E-state index contributed by atoms with van der Waals surface area (Å²) >= 11 is 7.21. The van der Waals surface area contributed by atoms with E-state index < -0.39 is 6.04 Å². The lowest BCUT2D eigenvalue weighted by atomic mass is 10.1. The number of rotatable bonds is 5. The summed E-state index contributed by atoms with van der Waals surface area (Å²) in [4.78, 5) is 27.3. The van der Waals surface area contributed by atoms with E-state index in [2.05, 4.69) is 20.8 Å². The minimum Gasteiger partial charge on any atom is -0.312 e. The Balaban J connectivity index is 1.42. The molecule has 2 heterocycles. The van der Waals surface area contributed by atoms with Crippen molar-refractivity contribution in [2.45, 2.75) is 32.2 Å². The highest BCUT2D eigenvalue weighted by Crippen LogP contribution is 2.28. The number of amides is 3. The number of hydrogen-bond acceptors (Lipinski definition) is 5. The molecule has 3 aromatic rings. The highest BCUT2D eigenvalue weighted by atomic mass is 35.5. The number of benzene rings is 2. The molecule has 0 saturated carbocycles. The molecular weight excluding hydrogens is 434 g/mol. The number of aryl methyl sites for hydroxylation is 1. The third-order valence-corrected chi connectivity index (χ3v) is 6.34. The van der Waals surface area contributed by atoms with Gasteiger partial charge in [0.1, 0.15) is 11.0 Å². The number of carbonyl (C=O) groups excluding carboxylic acids is 2. The second-order valence-corrected chi connectivity index (χ2v) is 8.61. The average Bonchev–Trinajstić information content (AvgIpc) is 3.44. The van der Waals surface area contributed by atoms with E-state index in [0.29, 0.717) is 28.1 Å². The molecule has 1 saturated heterocycles. The van der Waals surface area contributed by atoms with Crippen molar-refractivity contribution in [3.63, 3.8) is 0 Å². The summed E-state index contributed by atoms with van der Waals surface area (Å²) in [5.74, 6) is -0.254. The van der Waals surface area contributed by atoms with Crippen molar-refractivity contribution >= 4 is 45.7 Å². The Bertz CT molecular complexity index is 1090. The van der Waals surface area contributed by atoms with E-state index in [1.807, 2.05) is 43.3 Å². The molecule has 3 amide bonds. The van der Waals surface area contributed by atoms with Crippen LogP contribution in [-0.2, 0) is 11.2 Å². The normalized spacial score (nSPS) is 15.7. The van der Waals surface area contributed by atoms with E-state index in [-0.39, 0.29) is 11.9 Å². The summed E-state index contributed by atoms with van der Waals surface area (Å²) in [5.41, 5.74) is 2.70. The van der Waals surface area contributed by atoms with E-state index in [1.165, 1.54) is 11.3 Å². The maximum atomic E-state index is 12.9. The number of halogens is 1. The highest BCUT2D eigenvalue weighted by molar-refractivity contribution is 7.18. The number of nitrogens with zero attached hydrogens (tertiary/aromatic N) is 3. The van der Waals surface area contributed by atoms with Crippen LogP contribution in [0.2, 0.25) is 5.02 Å². The van der Waals surface area contributed by atoms with Crippen LogP contribution in [0.1, 0.15) is 25.3 Å². The van der Waals surface area contributed by atoms with Crippen molar-refractivity contribution in [2.75, 3.05) is 17.2 Å². The van der Waals surface area contributed by atoms with Gasteiger partial charge >= 0.3 is 6.03 Å². The van der Waals surface area contributed by atoms with Crippen LogP contribution < -0.4 is 10.6 Å². The van der Waals surface area contributed by atoms with E-state index >= 15 is 0 Å². The Hall–Kier alpha value is -2.97. The fraction of sp³-hybridized carbons (Fsp3) is 0.273. The summed E-state index contributed by atoms with van der Waals surface area (Å²) in [5, 5.41) is 15.7. The third kappa shape index (κ3) is 4.86. The predicted molar refractivity (Wildman–Crippen MR) is 124 cm³/mol. The van der Waals surface area contributed by atoms with Gasteiger partial charge < -0.3 is 10.2 Å². The molecule has 1 aliphatic rings. The van der Waals surface area contributed by atoms with Crippen LogP contribution >= 0.6 is 22.9 Å². The molecule has 1 atom stereocenters. The number of nitrogens with one attached hydrogen (secondary N) is 2. The minimum absolute atomic E-state index is 0.254. The molecule has 9 heteroatoms. The molecule has 2 N–H and O–H groups in total. The van der Waals surface area contributed by atoms with Crippen molar-refractivity contribution in [2.24, 2.45) is 0 Å². The van der Waals surface area contributed by atoms with Crippen molar-refractivity contribution < 1.29 is 9.59 Å². The molecule has 31 heavy (non-hydrogen) atoms. The highest BCUT2D eigenvalue weighted by Gasteiger charge is 2.34. The molecule has 160 valence electrons. The van der Waals surface area contributed by atoms with Gasteiger partial charge in [-0.1, -0.05) is 60.2 Å². The number of anilines is 2. The molecule has 1 fully saturated rings. The predicted octanol–water partition coefficient (Wildman–Crippen LogP) is 5.06. The molecule has 1 aromatic heterocycles. The molecule has 4 rings (SSSR count). The average molecular weight is 456 g/mol. The fourth-order valence-electron chi connectivity index (χ4n) is 3.59. The van der Waals surface area contributed by atoms with E-state index in [9.17, 15) is 9.59 Å². The number of para-hydroxylation sites is 1. The molecule has 0 bridgehead atoms. The second-order valence-electron chi connectivity index (χ2n) is 7.20. The van der Waals surface area contributed by atoms with Crippen LogP contribution in [0.4, 0.5) is 15.6 Å². The Labute approximate surface area is 189 Å². The lowest BCUT2D eigenvalue weighted by Crippen LogP contribution is -2.45. The lowest BCUT2D eigenvalue weighted by Gasteiger charge is -2.24. The Morgan fingerprint density at radius 2 is 1.90 bits per heavy atom. The van der Waals surface area contributed by atoms with Gasteiger partial charge in [-0.15, -0.1) is 10.2 Å². The molecule has 0 aliphatic carbocycles. The zero-order valence-corrected chi connectivity index (χ0v) is 18.5. The largest absolute Gasteiger partial charge is 0.322 e. The van der Waals surface area contributed by atoms with E-state index in [4.69, 9.17) is 11.6 Å². The Morgan fingerprint density at radius 3 is 2.68 bits per heavy atom. The summed E-state index contributed by atoms with van der Waals surface area (Å²) in [7, 11) is 0. The van der Waals surface area contributed by atoms with Gasteiger partial charge in [0.25, 0.3) is 0 Å². The minimum atomic E-state index is -0.545. The van der Waals surface area contributed by atoms with Crippen molar-refractivity contribution in [1.29, 1.82) is 0 Å². The van der Waals surface area contributed by atoms with Crippen LogP contribution in [0.15, 0.2) is 48.5 Å². The first kappa shape index (κ1) is 21.3. The summed E-state index contributed by atoms with van der Waals surface area (Å²) in [6, 6.07) is 14.1. The number of urea groups is 1. The van der Waals surface area contributed by atoms with E-state index in [0.717, 1.165) is 29.7 Å².